The lowest BCUT2D eigenvalue weighted by molar-refractivity contribution is 0.0866. The van der Waals surface area contributed by atoms with E-state index in [9.17, 15) is 4.79 Å². The van der Waals surface area contributed by atoms with Crippen LogP contribution in [0.15, 0.2) is 28.7 Å². The van der Waals surface area contributed by atoms with Gasteiger partial charge in [-0.15, -0.1) is 0 Å². The molecule has 1 saturated heterocycles. The Bertz CT molecular complexity index is 622. The number of furan rings is 1. The summed E-state index contributed by atoms with van der Waals surface area (Å²) in [6, 6.07) is 7.10. The highest BCUT2D eigenvalue weighted by molar-refractivity contribution is 6.31. The highest BCUT2D eigenvalue weighted by atomic mass is 35.5. The lowest BCUT2D eigenvalue weighted by Gasteiger charge is -2.13. The highest BCUT2D eigenvalue weighted by Crippen LogP contribution is 2.26. The number of hydrogen-bond donors (Lipinski definition) is 1. The van der Waals surface area contributed by atoms with Gasteiger partial charge in [-0.05, 0) is 31.3 Å². The molecule has 0 radical (unpaired) electrons. The van der Waals surface area contributed by atoms with Crippen LogP contribution in [0.25, 0.3) is 11.0 Å². The molecule has 3 rings (SSSR count). The normalized spacial score (nSPS) is 23.1. The second-order valence-corrected chi connectivity index (χ2v) is 5.13. The maximum atomic E-state index is 12.4. The Balaban J connectivity index is 1.93. The number of carbonyl (C=O) groups is 1. The van der Waals surface area contributed by atoms with Gasteiger partial charge < -0.3 is 14.5 Å². The van der Waals surface area contributed by atoms with E-state index < -0.39 is 0 Å². The van der Waals surface area contributed by atoms with E-state index in [-0.39, 0.29) is 17.7 Å². The van der Waals surface area contributed by atoms with Gasteiger partial charge in [-0.3, -0.25) is 4.79 Å². The van der Waals surface area contributed by atoms with E-state index in [2.05, 4.69) is 5.32 Å². The van der Waals surface area contributed by atoms with Gasteiger partial charge in [0.2, 0.25) is 5.78 Å². The van der Waals surface area contributed by atoms with Crippen molar-refractivity contribution in [2.75, 3.05) is 20.3 Å². The molecule has 19 heavy (non-hydrogen) atoms. The van der Waals surface area contributed by atoms with Crippen LogP contribution in [0.1, 0.15) is 10.6 Å². The van der Waals surface area contributed by atoms with E-state index >= 15 is 0 Å². The Morgan fingerprint density at radius 3 is 3.00 bits per heavy atom. The molecule has 0 aliphatic carbocycles. The summed E-state index contributed by atoms with van der Waals surface area (Å²) in [4.78, 5) is 12.4. The Labute approximate surface area is 115 Å². The van der Waals surface area contributed by atoms with Crippen LogP contribution in [-0.4, -0.2) is 32.1 Å². The van der Waals surface area contributed by atoms with Gasteiger partial charge in [0, 0.05) is 16.5 Å². The number of likely N-dealkylation sites (N-methyl/N-ethyl adjacent to an activating group) is 1. The monoisotopic (exact) mass is 279 g/mol. The molecule has 4 nitrogen and oxygen atoms in total. The first-order chi connectivity index (χ1) is 9.19. The molecule has 0 amide bonds. The molecule has 1 aromatic heterocycles. The van der Waals surface area contributed by atoms with Crippen molar-refractivity contribution in [2.24, 2.45) is 5.92 Å². The largest absolute Gasteiger partial charge is 0.453 e. The Hall–Kier alpha value is -1.36. The molecule has 1 aliphatic rings. The first-order valence-electron chi connectivity index (χ1n) is 6.17. The van der Waals surface area contributed by atoms with Crippen molar-refractivity contribution in [1.82, 2.24) is 5.32 Å². The third kappa shape index (κ3) is 2.27. The molecule has 2 atom stereocenters. The predicted octanol–water partition coefficient (Wildman–Crippen LogP) is 2.50. The Morgan fingerprint density at radius 2 is 2.21 bits per heavy atom. The van der Waals surface area contributed by atoms with Gasteiger partial charge in [0.25, 0.3) is 0 Å². The summed E-state index contributed by atoms with van der Waals surface area (Å²) in [6.07, 6.45) is 0. The van der Waals surface area contributed by atoms with Gasteiger partial charge in [0.15, 0.2) is 5.76 Å². The molecule has 1 fully saturated rings. The van der Waals surface area contributed by atoms with Crippen LogP contribution in [0.5, 0.6) is 0 Å². The van der Waals surface area contributed by atoms with Crippen LogP contribution in [0.3, 0.4) is 0 Å². The summed E-state index contributed by atoms with van der Waals surface area (Å²) in [5.74, 6) is 0.151. The fourth-order valence-corrected chi connectivity index (χ4v) is 2.60. The SMILES string of the molecule is CNC1COCC1C(=O)c1cc2cc(Cl)ccc2o1. The number of benzene rings is 1. The molecule has 100 valence electrons. The number of carbonyl (C=O) groups excluding carboxylic acids is 1. The third-order valence-electron chi connectivity index (χ3n) is 3.51. The summed E-state index contributed by atoms with van der Waals surface area (Å²) < 4.78 is 10.9. The molecule has 1 aromatic carbocycles. The van der Waals surface area contributed by atoms with Crippen LogP contribution in [0.2, 0.25) is 5.02 Å². The zero-order valence-corrected chi connectivity index (χ0v) is 11.2. The lowest BCUT2D eigenvalue weighted by atomic mass is 9.97. The zero-order valence-electron chi connectivity index (χ0n) is 10.5. The van der Waals surface area contributed by atoms with Crippen molar-refractivity contribution < 1.29 is 13.9 Å². The minimum absolute atomic E-state index is 0.0239. The average Bonchev–Trinajstić information content (AvgIpc) is 3.03. The van der Waals surface area contributed by atoms with Crippen LogP contribution >= 0.6 is 11.6 Å². The van der Waals surface area contributed by atoms with Gasteiger partial charge in [-0.2, -0.15) is 0 Å². The summed E-state index contributed by atoms with van der Waals surface area (Å²) in [5.41, 5.74) is 0.674. The van der Waals surface area contributed by atoms with E-state index in [0.29, 0.717) is 29.6 Å². The third-order valence-corrected chi connectivity index (χ3v) is 3.74. The van der Waals surface area contributed by atoms with Gasteiger partial charge in [-0.25, -0.2) is 0 Å². The molecule has 2 unspecified atom stereocenters. The number of rotatable bonds is 3. The fourth-order valence-electron chi connectivity index (χ4n) is 2.42. The van der Waals surface area contributed by atoms with Crippen molar-refractivity contribution in [1.29, 1.82) is 0 Å². The van der Waals surface area contributed by atoms with Gasteiger partial charge in [0.05, 0.1) is 19.1 Å². The summed E-state index contributed by atoms with van der Waals surface area (Å²) >= 11 is 5.92. The van der Waals surface area contributed by atoms with Gasteiger partial charge >= 0.3 is 0 Å². The zero-order chi connectivity index (χ0) is 13.4. The summed E-state index contributed by atoms with van der Waals surface area (Å²) in [6.45, 7) is 0.987. The topological polar surface area (TPSA) is 51.5 Å². The lowest BCUT2D eigenvalue weighted by Crippen LogP contribution is -2.36. The number of halogens is 1. The van der Waals surface area contributed by atoms with Gasteiger partial charge in [0.1, 0.15) is 5.58 Å². The number of nitrogens with one attached hydrogen (secondary N) is 1. The second kappa shape index (κ2) is 4.96. The van der Waals surface area contributed by atoms with E-state index in [1.54, 1.807) is 24.3 Å². The standard InChI is InChI=1S/C14H14ClNO3/c1-16-11-7-18-6-10(11)14(17)13-5-8-4-9(15)2-3-12(8)19-13/h2-5,10-11,16H,6-7H2,1H3. The number of ketones is 1. The minimum Gasteiger partial charge on any atom is -0.453 e. The van der Waals surface area contributed by atoms with E-state index in [4.69, 9.17) is 20.8 Å². The second-order valence-electron chi connectivity index (χ2n) is 4.70. The molecule has 0 bridgehead atoms. The fraction of sp³-hybridized carbons (Fsp3) is 0.357. The van der Waals surface area contributed by atoms with Crippen molar-refractivity contribution in [3.63, 3.8) is 0 Å². The molecular formula is C14H14ClNO3. The molecule has 1 N–H and O–H groups in total. The van der Waals surface area contributed by atoms with Crippen LogP contribution < -0.4 is 5.32 Å². The highest BCUT2D eigenvalue weighted by Gasteiger charge is 2.35. The summed E-state index contributed by atoms with van der Waals surface area (Å²) in [7, 11) is 1.83. The van der Waals surface area contributed by atoms with E-state index in [1.807, 2.05) is 7.05 Å². The van der Waals surface area contributed by atoms with Crippen molar-refractivity contribution >= 4 is 28.4 Å². The molecule has 2 aromatic rings. The summed E-state index contributed by atoms with van der Waals surface area (Å²) in [5, 5.41) is 4.57. The molecule has 1 aliphatic heterocycles. The molecule has 0 spiro atoms. The smallest absolute Gasteiger partial charge is 0.205 e. The number of hydrogen-bond acceptors (Lipinski definition) is 4. The first-order valence-corrected chi connectivity index (χ1v) is 6.55. The Morgan fingerprint density at radius 1 is 1.37 bits per heavy atom. The maximum Gasteiger partial charge on any atom is 0.205 e. The quantitative estimate of drug-likeness (QED) is 0.877. The molecule has 2 heterocycles. The van der Waals surface area contributed by atoms with Crippen molar-refractivity contribution in [3.8, 4) is 0 Å². The molecule has 0 saturated carbocycles. The first kappa shape index (κ1) is 12.7. The van der Waals surface area contributed by atoms with Crippen molar-refractivity contribution in [2.45, 2.75) is 6.04 Å². The van der Waals surface area contributed by atoms with Crippen LogP contribution in [-0.2, 0) is 4.74 Å². The van der Waals surface area contributed by atoms with E-state index in [0.717, 1.165) is 5.39 Å². The number of fused-ring (bicyclic) bond motifs is 1. The van der Waals surface area contributed by atoms with E-state index in [1.165, 1.54) is 0 Å². The predicted molar refractivity (Wildman–Crippen MR) is 72.7 cm³/mol. The van der Waals surface area contributed by atoms with Crippen molar-refractivity contribution in [3.05, 3.63) is 35.0 Å². The molecular weight excluding hydrogens is 266 g/mol. The Kier molecular flexibility index (Phi) is 3.31. The minimum atomic E-state index is -0.193. The van der Waals surface area contributed by atoms with Crippen LogP contribution in [0, 0.1) is 5.92 Å². The average molecular weight is 280 g/mol. The van der Waals surface area contributed by atoms with Gasteiger partial charge in [-0.1, -0.05) is 11.6 Å². The molecule has 5 heteroatoms. The van der Waals surface area contributed by atoms with Crippen LogP contribution in [0.4, 0.5) is 0 Å². The maximum absolute atomic E-state index is 12.4. The number of Topliss-reactive ketones (excluding diaryl/α,β-unsaturated/α-hetero) is 1. The number of ether oxygens (including phenoxy) is 1.